The van der Waals surface area contributed by atoms with Crippen molar-refractivity contribution in [2.45, 2.75) is 18.9 Å². The minimum absolute atomic E-state index is 0.0997. The average molecular weight is 272 g/mol. The summed E-state index contributed by atoms with van der Waals surface area (Å²) in [6.45, 7) is 0.826. The molecule has 0 spiro atoms. The topological polar surface area (TPSA) is 55.5 Å². The molecule has 3 N–H and O–H groups in total. The lowest BCUT2D eigenvalue weighted by atomic mass is 10.0. The first-order chi connectivity index (χ1) is 7.22. The molecule has 0 saturated heterocycles. The molecule has 1 unspecified atom stereocenters. The van der Waals surface area contributed by atoms with Crippen LogP contribution in [0.15, 0.2) is 16.6 Å². The van der Waals surface area contributed by atoms with Gasteiger partial charge in [-0.05, 0) is 24.1 Å². The molecule has 3 nitrogen and oxygen atoms in total. The van der Waals surface area contributed by atoms with E-state index in [1.807, 2.05) is 6.07 Å². The normalized spacial score (nSPS) is 15.9. The summed E-state index contributed by atoms with van der Waals surface area (Å²) in [4.78, 5) is 0. The van der Waals surface area contributed by atoms with Crippen molar-refractivity contribution < 1.29 is 9.84 Å². The first-order valence-corrected chi connectivity index (χ1v) is 5.83. The second kappa shape index (κ2) is 4.51. The van der Waals surface area contributed by atoms with Crippen LogP contribution >= 0.6 is 15.9 Å². The van der Waals surface area contributed by atoms with E-state index in [1.54, 1.807) is 0 Å². The Kier molecular flexibility index (Phi) is 3.29. The fourth-order valence-corrected chi connectivity index (χ4v) is 2.39. The van der Waals surface area contributed by atoms with Gasteiger partial charge >= 0.3 is 0 Å². The summed E-state index contributed by atoms with van der Waals surface area (Å²) >= 11 is 3.46. The highest BCUT2D eigenvalue weighted by molar-refractivity contribution is 9.10. The Morgan fingerprint density at radius 3 is 3.07 bits per heavy atom. The molecule has 0 bridgehead atoms. The van der Waals surface area contributed by atoms with E-state index in [0.29, 0.717) is 6.42 Å². The lowest BCUT2D eigenvalue weighted by Crippen LogP contribution is -2.13. The predicted molar refractivity (Wildman–Crippen MR) is 62.0 cm³/mol. The maximum atomic E-state index is 8.88. The van der Waals surface area contributed by atoms with Gasteiger partial charge in [0.2, 0.25) is 0 Å². The lowest BCUT2D eigenvalue weighted by molar-refractivity contribution is 0.274. The molecule has 15 heavy (non-hydrogen) atoms. The van der Waals surface area contributed by atoms with E-state index in [4.69, 9.17) is 15.6 Å². The Morgan fingerprint density at radius 2 is 2.33 bits per heavy atom. The van der Waals surface area contributed by atoms with Crippen LogP contribution in [0.5, 0.6) is 5.75 Å². The van der Waals surface area contributed by atoms with Crippen molar-refractivity contribution >= 4 is 15.9 Å². The third-order valence-corrected chi connectivity index (χ3v) is 3.07. The van der Waals surface area contributed by atoms with E-state index in [2.05, 4.69) is 22.0 Å². The fourth-order valence-electron chi connectivity index (χ4n) is 1.87. The van der Waals surface area contributed by atoms with Crippen molar-refractivity contribution in [2.75, 3.05) is 13.2 Å². The zero-order valence-electron chi connectivity index (χ0n) is 8.37. The molecular weight excluding hydrogens is 258 g/mol. The Hall–Kier alpha value is -0.580. The smallest absolute Gasteiger partial charge is 0.127 e. The number of benzene rings is 1. The van der Waals surface area contributed by atoms with Crippen molar-refractivity contribution in [2.24, 2.45) is 5.73 Å². The number of hydrogen-bond donors (Lipinski definition) is 2. The maximum absolute atomic E-state index is 8.88. The quantitative estimate of drug-likeness (QED) is 0.881. The van der Waals surface area contributed by atoms with E-state index < -0.39 is 0 Å². The van der Waals surface area contributed by atoms with Crippen molar-refractivity contribution in [3.63, 3.8) is 0 Å². The molecule has 1 aliphatic rings. The van der Waals surface area contributed by atoms with Crippen LogP contribution in [0.4, 0.5) is 0 Å². The Morgan fingerprint density at radius 1 is 1.53 bits per heavy atom. The van der Waals surface area contributed by atoms with Crippen molar-refractivity contribution in [1.29, 1.82) is 0 Å². The highest BCUT2D eigenvalue weighted by Gasteiger charge is 2.20. The molecule has 0 aliphatic carbocycles. The van der Waals surface area contributed by atoms with Crippen LogP contribution in [0.2, 0.25) is 0 Å². The second-order valence-corrected chi connectivity index (χ2v) is 4.62. The molecule has 82 valence electrons. The van der Waals surface area contributed by atoms with Gasteiger partial charge in [0.15, 0.2) is 0 Å². The van der Waals surface area contributed by atoms with Crippen LogP contribution in [-0.4, -0.2) is 18.3 Å². The minimum Gasteiger partial charge on any atom is -0.493 e. The van der Waals surface area contributed by atoms with Crippen LogP contribution < -0.4 is 10.5 Å². The number of rotatable bonds is 3. The molecule has 2 rings (SSSR count). The highest BCUT2D eigenvalue weighted by atomic mass is 79.9. The molecule has 0 amide bonds. The van der Waals surface area contributed by atoms with Gasteiger partial charge in [-0.2, -0.15) is 0 Å². The summed E-state index contributed by atoms with van der Waals surface area (Å²) in [6, 6.07) is 3.89. The number of ether oxygens (including phenoxy) is 1. The summed E-state index contributed by atoms with van der Waals surface area (Å²) < 4.78 is 6.59. The number of aliphatic hydroxyl groups is 1. The van der Waals surface area contributed by atoms with Gasteiger partial charge in [0.1, 0.15) is 5.75 Å². The standard InChI is InChI=1S/C11H14BrNO2/c12-8-5-7-2-4-15-11(7)9(6-8)10(13)1-3-14/h5-6,10,14H,1-4,13H2. The number of aliphatic hydroxyl groups excluding tert-OH is 1. The Labute approximate surface area is 97.4 Å². The van der Waals surface area contributed by atoms with E-state index in [9.17, 15) is 0 Å². The first-order valence-electron chi connectivity index (χ1n) is 5.04. The Balaban J connectivity index is 2.37. The molecule has 0 aromatic heterocycles. The lowest BCUT2D eigenvalue weighted by Gasteiger charge is -2.15. The van der Waals surface area contributed by atoms with Gasteiger partial charge in [-0.15, -0.1) is 0 Å². The molecule has 4 heteroatoms. The van der Waals surface area contributed by atoms with Crippen LogP contribution in [0.25, 0.3) is 0 Å². The molecule has 1 heterocycles. The summed E-state index contributed by atoms with van der Waals surface area (Å²) in [6.07, 6.45) is 1.50. The van der Waals surface area contributed by atoms with Gasteiger partial charge in [-0.3, -0.25) is 0 Å². The number of halogens is 1. The fraction of sp³-hybridized carbons (Fsp3) is 0.455. The van der Waals surface area contributed by atoms with Crippen LogP contribution in [0, 0.1) is 0 Å². The van der Waals surface area contributed by atoms with Gasteiger partial charge in [-0.25, -0.2) is 0 Å². The van der Waals surface area contributed by atoms with Crippen LogP contribution in [0.1, 0.15) is 23.6 Å². The van der Waals surface area contributed by atoms with Gasteiger partial charge in [0.05, 0.1) is 6.61 Å². The third kappa shape index (κ3) is 2.17. The molecule has 1 aromatic carbocycles. The average Bonchev–Trinajstić information content (AvgIpc) is 2.64. The molecule has 0 saturated carbocycles. The molecule has 0 fully saturated rings. The molecule has 1 atom stereocenters. The maximum Gasteiger partial charge on any atom is 0.127 e. The summed E-state index contributed by atoms with van der Waals surface area (Å²) in [5.74, 6) is 0.916. The van der Waals surface area contributed by atoms with Crippen molar-refractivity contribution in [1.82, 2.24) is 0 Å². The Bertz CT molecular complexity index is 368. The van der Waals surface area contributed by atoms with E-state index in [-0.39, 0.29) is 12.6 Å². The third-order valence-electron chi connectivity index (χ3n) is 2.62. The number of nitrogens with two attached hydrogens (primary N) is 1. The summed E-state index contributed by atoms with van der Waals surface area (Å²) in [5.41, 5.74) is 8.18. The van der Waals surface area contributed by atoms with Crippen molar-refractivity contribution in [3.8, 4) is 5.75 Å². The summed E-state index contributed by atoms with van der Waals surface area (Å²) in [5, 5.41) is 8.88. The largest absolute Gasteiger partial charge is 0.493 e. The van der Waals surface area contributed by atoms with Gasteiger partial charge in [-0.1, -0.05) is 15.9 Å². The SMILES string of the molecule is NC(CCO)c1cc(Br)cc2c1OCC2. The first kappa shape index (κ1) is 10.9. The molecule has 1 aromatic rings. The van der Waals surface area contributed by atoms with E-state index >= 15 is 0 Å². The second-order valence-electron chi connectivity index (χ2n) is 3.70. The van der Waals surface area contributed by atoms with Gasteiger partial charge < -0.3 is 15.6 Å². The monoisotopic (exact) mass is 271 g/mol. The zero-order valence-corrected chi connectivity index (χ0v) is 9.96. The zero-order chi connectivity index (χ0) is 10.8. The molecule has 1 aliphatic heterocycles. The molecular formula is C11H14BrNO2. The summed E-state index contributed by atoms with van der Waals surface area (Å²) in [7, 11) is 0. The predicted octanol–water partition coefficient (Wildman–Crippen LogP) is 1.77. The highest BCUT2D eigenvalue weighted by Crippen LogP contribution is 2.36. The van der Waals surface area contributed by atoms with Gasteiger partial charge in [0.25, 0.3) is 0 Å². The molecule has 0 radical (unpaired) electrons. The van der Waals surface area contributed by atoms with Crippen LogP contribution in [0.3, 0.4) is 0 Å². The van der Waals surface area contributed by atoms with Crippen molar-refractivity contribution in [3.05, 3.63) is 27.7 Å². The van der Waals surface area contributed by atoms with Gasteiger partial charge in [0, 0.05) is 29.1 Å². The van der Waals surface area contributed by atoms with E-state index in [1.165, 1.54) is 5.56 Å². The van der Waals surface area contributed by atoms with E-state index in [0.717, 1.165) is 28.8 Å². The number of fused-ring (bicyclic) bond motifs is 1. The van der Waals surface area contributed by atoms with Crippen LogP contribution in [-0.2, 0) is 6.42 Å². The number of hydrogen-bond acceptors (Lipinski definition) is 3. The minimum atomic E-state index is -0.153.